The summed E-state index contributed by atoms with van der Waals surface area (Å²) in [5, 5.41) is 18.6. The molecule has 1 saturated heterocycles. The molecule has 0 spiro atoms. The molecule has 3 heterocycles. The van der Waals surface area contributed by atoms with E-state index in [1.165, 1.54) is 10.9 Å². The predicted octanol–water partition coefficient (Wildman–Crippen LogP) is 4.95. The highest BCUT2D eigenvalue weighted by molar-refractivity contribution is 9.10. The van der Waals surface area contributed by atoms with Gasteiger partial charge in [0, 0.05) is 45.0 Å². The van der Waals surface area contributed by atoms with Gasteiger partial charge in [-0.15, -0.1) is 0 Å². The van der Waals surface area contributed by atoms with Crippen LogP contribution in [0, 0.1) is 0 Å². The Morgan fingerprint density at radius 1 is 1.00 bits per heavy atom. The number of halogens is 1. The summed E-state index contributed by atoms with van der Waals surface area (Å²) in [5.74, 6) is 0.211. The Hall–Kier alpha value is -4.24. The van der Waals surface area contributed by atoms with Gasteiger partial charge in [0.1, 0.15) is 5.75 Å². The number of nitrogens with zero attached hydrogens (tertiary/aromatic N) is 1. The number of hydrogen-bond donors (Lipinski definition) is 4. The fraction of sp³-hybridized carbons (Fsp3) is 0.143. The van der Waals surface area contributed by atoms with Gasteiger partial charge < -0.3 is 24.7 Å². The molecule has 5 aromatic rings. The molecule has 1 aliphatic rings. The predicted molar refractivity (Wildman–Crippen MR) is 144 cm³/mol. The van der Waals surface area contributed by atoms with Crippen molar-refractivity contribution in [2.45, 2.75) is 18.5 Å². The van der Waals surface area contributed by atoms with Crippen molar-refractivity contribution in [1.29, 1.82) is 0 Å². The second-order valence-electron chi connectivity index (χ2n) is 9.11. The van der Waals surface area contributed by atoms with E-state index in [-0.39, 0.29) is 12.4 Å². The van der Waals surface area contributed by atoms with Crippen LogP contribution in [0.3, 0.4) is 0 Å². The number of urea groups is 1. The minimum Gasteiger partial charge on any atom is -0.494 e. The van der Waals surface area contributed by atoms with Gasteiger partial charge in [-0.3, -0.25) is 10.1 Å². The molecule has 6 rings (SSSR count). The highest BCUT2D eigenvalue weighted by Gasteiger charge is 2.48. The lowest BCUT2D eigenvalue weighted by Crippen LogP contribution is -2.47. The minimum absolute atomic E-state index is 0.00535. The molecule has 3 aromatic carbocycles. The van der Waals surface area contributed by atoms with Crippen molar-refractivity contribution < 1.29 is 19.4 Å². The van der Waals surface area contributed by atoms with Gasteiger partial charge in [0.05, 0.1) is 13.2 Å². The van der Waals surface area contributed by atoms with E-state index in [2.05, 4.69) is 37.6 Å². The number of carbonyl (C=O) groups excluding carboxylic acids is 2. The average molecular weight is 559 g/mol. The van der Waals surface area contributed by atoms with Gasteiger partial charge in [0.2, 0.25) is 0 Å². The maximum atomic E-state index is 13.0. The van der Waals surface area contributed by atoms with Gasteiger partial charge in [-0.25, -0.2) is 4.79 Å². The number of aromatic hydroxyl groups is 1. The van der Waals surface area contributed by atoms with Crippen molar-refractivity contribution in [3.05, 3.63) is 94.7 Å². The molecule has 2 aromatic heterocycles. The van der Waals surface area contributed by atoms with Crippen LogP contribution >= 0.6 is 15.9 Å². The summed E-state index contributed by atoms with van der Waals surface area (Å²) in [6, 6.07) is 20.2. The first-order valence-electron chi connectivity index (χ1n) is 11.8. The number of aromatic nitrogens is 2. The third kappa shape index (κ3) is 4.11. The topological polar surface area (TPSA) is 108 Å². The summed E-state index contributed by atoms with van der Waals surface area (Å²) >= 11 is 3.40. The maximum absolute atomic E-state index is 13.0. The highest BCUT2D eigenvalue weighted by atomic mass is 79.9. The number of rotatable bonds is 7. The molecular formula is C28H23BrN4O4. The van der Waals surface area contributed by atoms with E-state index < -0.39 is 17.5 Å². The fourth-order valence-electron chi connectivity index (χ4n) is 4.95. The summed E-state index contributed by atoms with van der Waals surface area (Å²) in [6.07, 6.45) is 4.52. The van der Waals surface area contributed by atoms with Crippen LogP contribution in [-0.2, 0) is 23.3 Å². The van der Waals surface area contributed by atoms with E-state index >= 15 is 0 Å². The van der Waals surface area contributed by atoms with Crippen LogP contribution in [0.25, 0.3) is 21.7 Å². The van der Waals surface area contributed by atoms with E-state index in [1.807, 2.05) is 36.5 Å². The molecule has 8 nitrogen and oxygen atoms in total. The molecule has 1 atom stereocenters. The number of imide groups is 1. The van der Waals surface area contributed by atoms with Gasteiger partial charge in [0.15, 0.2) is 11.4 Å². The van der Waals surface area contributed by atoms with Crippen LogP contribution in [0.5, 0.6) is 11.6 Å². The lowest BCUT2D eigenvalue weighted by Gasteiger charge is -2.27. The van der Waals surface area contributed by atoms with Crippen molar-refractivity contribution >= 4 is 49.5 Å². The summed E-state index contributed by atoms with van der Waals surface area (Å²) in [5.41, 5.74) is 1.54. The number of aromatic amines is 1. The lowest BCUT2D eigenvalue weighted by atomic mass is 9.90. The van der Waals surface area contributed by atoms with Crippen LogP contribution < -0.4 is 15.4 Å². The quantitative estimate of drug-likeness (QED) is 0.212. The number of H-pyrrole nitrogens is 1. The van der Waals surface area contributed by atoms with Gasteiger partial charge in [0.25, 0.3) is 5.91 Å². The molecule has 37 heavy (non-hydrogen) atoms. The van der Waals surface area contributed by atoms with Crippen molar-refractivity contribution in [3.8, 4) is 11.6 Å². The summed E-state index contributed by atoms with van der Waals surface area (Å²) in [7, 11) is 0. The molecule has 3 amide bonds. The van der Waals surface area contributed by atoms with Crippen LogP contribution in [-0.4, -0.2) is 33.2 Å². The molecule has 4 N–H and O–H groups in total. The Morgan fingerprint density at radius 2 is 1.81 bits per heavy atom. The highest BCUT2D eigenvalue weighted by Crippen LogP contribution is 2.35. The van der Waals surface area contributed by atoms with Crippen LogP contribution in [0.1, 0.15) is 11.1 Å². The van der Waals surface area contributed by atoms with E-state index in [0.717, 1.165) is 21.8 Å². The molecule has 0 bridgehead atoms. The second-order valence-corrected chi connectivity index (χ2v) is 10.0. The molecule has 1 unspecified atom stereocenters. The Morgan fingerprint density at radius 3 is 2.59 bits per heavy atom. The first-order valence-corrected chi connectivity index (χ1v) is 12.6. The zero-order chi connectivity index (χ0) is 25.6. The van der Waals surface area contributed by atoms with Crippen LogP contribution in [0.15, 0.2) is 83.6 Å². The zero-order valence-electron chi connectivity index (χ0n) is 19.6. The number of benzene rings is 3. The zero-order valence-corrected chi connectivity index (χ0v) is 21.2. The Bertz CT molecular complexity index is 1660. The van der Waals surface area contributed by atoms with Crippen molar-refractivity contribution in [1.82, 2.24) is 20.2 Å². The van der Waals surface area contributed by atoms with Gasteiger partial charge in [-0.1, -0.05) is 46.3 Å². The Kier molecular flexibility index (Phi) is 5.64. The molecular weight excluding hydrogens is 536 g/mol. The SMILES string of the molecule is O=C1NC(=O)C(Cn2cc3cc(OCCc4c[nH]c5ccccc45)ccc3c2O)(c2ccc(Br)cc2)N1. The third-order valence-corrected chi connectivity index (χ3v) is 7.36. The van der Waals surface area contributed by atoms with Gasteiger partial charge >= 0.3 is 6.03 Å². The normalized spacial score (nSPS) is 17.3. The number of amides is 3. The minimum atomic E-state index is -1.36. The van der Waals surface area contributed by atoms with Gasteiger partial charge in [-0.05, 0) is 47.5 Å². The van der Waals surface area contributed by atoms with Crippen LogP contribution in [0.4, 0.5) is 4.79 Å². The number of hydrogen-bond acceptors (Lipinski definition) is 4. The summed E-state index contributed by atoms with van der Waals surface area (Å²) < 4.78 is 8.45. The number of fused-ring (bicyclic) bond motifs is 2. The lowest BCUT2D eigenvalue weighted by molar-refractivity contribution is -0.124. The standard InChI is InChI=1S/C28H23BrN4O4/c29-20-7-5-19(6-8-20)28(26(35)31-27(36)32-28)16-33-15-18-13-21(9-10-23(18)25(33)34)37-12-11-17-14-30-24-4-2-1-3-22(17)24/h1-10,13-15,30,34H,11-12,16H2,(H2,31,32,35,36). The average Bonchev–Trinajstić information content (AvgIpc) is 3.53. The number of nitrogens with one attached hydrogen (secondary N) is 3. The number of para-hydroxylation sites is 1. The number of carbonyl (C=O) groups is 2. The van der Waals surface area contributed by atoms with E-state index in [9.17, 15) is 14.7 Å². The Balaban J connectivity index is 1.24. The molecule has 0 aliphatic carbocycles. The molecule has 0 radical (unpaired) electrons. The van der Waals surface area contributed by atoms with Crippen molar-refractivity contribution in [2.24, 2.45) is 0 Å². The van der Waals surface area contributed by atoms with E-state index in [4.69, 9.17) is 4.74 Å². The van der Waals surface area contributed by atoms with Crippen molar-refractivity contribution in [2.75, 3.05) is 6.61 Å². The molecule has 1 fully saturated rings. The van der Waals surface area contributed by atoms with E-state index in [1.54, 1.807) is 41.1 Å². The summed E-state index contributed by atoms with van der Waals surface area (Å²) in [6.45, 7) is 0.516. The van der Waals surface area contributed by atoms with Gasteiger partial charge in [-0.2, -0.15) is 0 Å². The summed E-state index contributed by atoms with van der Waals surface area (Å²) in [4.78, 5) is 28.3. The van der Waals surface area contributed by atoms with E-state index in [0.29, 0.717) is 23.3 Å². The van der Waals surface area contributed by atoms with Crippen LogP contribution in [0.2, 0.25) is 0 Å². The first kappa shape index (κ1) is 23.2. The molecule has 0 saturated carbocycles. The molecule has 9 heteroatoms. The fourth-order valence-corrected chi connectivity index (χ4v) is 5.21. The molecule has 1 aliphatic heterocycles. The second kappa shape index (κ2) is 9.01. The first-order chi connectivity index (χ1) is 17.9. The maximum Gasteiger partial charge on any atom is 0.322 e. The third-order valence-electron chi connectivity index (χ3n) is 6.83. The molecule has 186 valence electrons. The van der Waals surface area contributed by atoms with Crippen molar-refractivity contribution in [3.63, 3.8) is 0 Å². The smallest absolute Gasteiger partial charge is 0.322 e. The Labute approximate surface area is 220 Å². The monoisotopic (exact) mass is 558 g/mol. The number of ether oxygens (including phenoxy) is 1. The largest absolute Gasteiger partial charge is 0.494 e.